The quantitative estimate of drug-likeness (QED) is 0.171. The molecule has 0 aliphatic carbocycles. The van der Waals surface area contributed by atoms with Crippen LogP contribution in [0.3, 0.4) is 0 Å². The third kappa shape index (κ3) is 6.08. The number of nitrogens with zero attached hydrogens (tertiary/aromatic N) is 8. The topological polar surface area (TPSA) is 115 Å². The molecule has 0 spiro atoms. The summed E-state index contributed by atoms with van der Waals surface area (Å²) in [5, 5.41) is 56.6. The third-order valence-corrected chi connectivity index (χ3v) is 15.5. The second kappa shape index (κ2) is 16.4. The Morgan fingerprint density at radius 1 is 0.250 bits per heavy atom. The fraction of sp³-hybridized carbons (Fsp3) is 0.0588. The van der Waals surface area contributed by atoms with Crippen molar-refractivity contribution in [2.24, 2.45) is 0 Å². The molecule has 14 rings (SSSR count). The van der Waals surface area contributed by atoms with Crippen molar-refractivity contribution in [3.05, 3.63) is 226 Å². The van der Waals surface area contributed by atoms with Crippen molar-refractivity contribution in [2.45, 2.75) is 27.7 Å². The van der Waals surface area contributed by atoms with Crippen LogP contribution >= 0.6 is 0 Å². The number of hydrogen-bond acceptors (Lipinski definition) is 4. The van der Waals surface area contributed by atoms with Gasteiger partial charge in [0.1, 0.15) is 24.3 Å². The maximum atomic E-state index is 12.2. The summed E-state index contributed by atoms with van der Waals surface area (Å²) in [5.74, 6) is 0. The highest BCUT2D eigenvalue weighted by molar-refractivity contribution is 6.14. The van der Waals surface area contributed by atoms with Crippen LogP contribution in [0.4, 0.5) is 0 Å². The molecule has 8 heteroatoms. The molecule has 0 unspecified atom stereocenters. The molecule has 0 saturated heterocycles. The first-order valence-corrected chi connectivity index (χ1v) is 25.2. The fourth-order valence-electron chi connectivity index (χ4n) is 12.4. The molecule has 0 bridgehead atoms. The molecular formula is C68H42N8. The van der Waals surface area contributed by atoms with Crippen LogP contribution in [-0.2, 0) is 0 Å². The van der Waals surface area contributed by atoms with Gasteiger partial charge in [0.05, 0.1) is 89.1 Å². The summed E-state index contributed by atoms with van der Waals surface area (Å²) in [7, 11) is 0. The van der Waals surface area contributed by atoms with Crippen LogP contribution in [0, 0.1) is 73.0 Å². The SMILES string of the molecule is Cc1ccc2c(c1)c1ccccc1n2-c1cc(-n2c3ccccc3c3cc(C)ccc32)c(C#N)c(-c2c(C#N)c(-n3c4ccccc4c4cc(C)ccc43)cc(-n3c4ccccc4c4cc(C)ccc43)c2C#N)c1C#N. The first-order chi connectivity index (χ1) is 37.2. The van der Waals surface area contributed by atoms with E-state index in [1.807, 2.05) is 60.7 Å². The van der Waals surface area contributed by atoms with Crippen LogP contribution in [0.2, 0.25) is 0 Å². The number of rotatable bonds is 5. The van der Waals surface area contributed by atoms with E-state index in [4.69, 9.17) is 0 Å². The Bertz CT molecular complexity index is 4470. The third-order valence-electron chi connectivity index (χ3n) is 15.5. The summed E-state index contributed by atoms with van der Waals surface area (Å²) in [6.07, 6.45) is 0. The summed E-state index contributed by atoms with van der Waals surface area (Å²) in [6.45, 7) is 8.29. The average Bonchev–Trinajstić information content (AvgIpc) is 4.26. The number of aromatic nitrogens is 4. The van der Waals surface area contributed by atoms with Gasteiger partial charge in [0, 0.05) is 54.2 Å². The number of benzene rings is 10. The molecule has 4 aromatic heterocycles. The molecule has 10 aromatic carbocycles. The van der Waals surface area contributed by atoms with Crippen molar-refractivity contribution in [3.63, 3.8) is 0 Å². The summed E-state index contributed by atoms with van der Waals surface area (Å²) in [6, 6.07) is 72.5. The molecule has 0 saturated carbocycles. The van der Waals surface area contributed by atoms with Gasteiger partial charge in [0.15, 0.2) is 0 Å². The lowest BCUT2D eigenvalue weighted by molar-refractivity contribution is 1.11. The minimum absolute atomic E-state index is 0.145. The van der Waals surface area contributed by atoms with Gasteiger partial charge in [-0.15, -0.1) is 0 Å². The molecule has 14 aromatic rings. The molecule has 0 aliphatic rings. The van der Waals surface area contributed by atoms with Gasteiger partial charge in [0.25, 0.3) is 0 Å². The van der Waals surface area contributed by atoms with Crippen LogP contribution in [0.15, 0.2) is 182 Å². The molecule has 0 fully saturated rings. The van der Waals surface area contributed by atoms with Crippen molar-refractivity contribution in [2.75, 3.05) is 0 Å². The van der Waals surface area contributed by atoms with Crippen molar-refractivity contribution in [3.8, 4) is 58.2 Å². The Hall–Kier alpha value is -10.6. The van der Waals surface area contributed by atoms with E-state index in [9.17, 15) is 21.0 Å². The highest BCUT2D eigenvalue weighted by atomic mass is 15.0. The standard InChI is InChI=1S/C68H42N8/c1-39-21-25-59-47(29-39)43-13-5-9-17-55(43)73(59)63-33-64(74-56-18-10-6-14-44(56)48-30-40(2)22-26-60(48)74)52(36-70)67(51(63)35-69)68-53(37-71)65(75-57-19-11-7-15-45(57)49-31-41(3)23-27-61(49)75)34-66(54(68)38-72)76-58-20-12-8-16-46(58)50-32-42(4)24-28-62(50)76/h5-34H,1-4H3. The van der Waals surface area contributed by atoms with Crippen molar-refractivity contribution in [1.29, 1.82) is 21.0 Å². The van der Waals surface area contributed by atoms with Gasteiger partial charge >= 0.3 is 0 Å². The molecule has 4 heterocycles. The van der Waals surface area contributed by atoms with Crippen LogP contribution in [0.1, 0.15) is 44.5 Å². The van der Waals surface area contributed by atoms with Crippen molar-refractivity contribution in [1.82, 2.24) is 18.3 Å². The second-order valence-corrected chi connectivity index (χ2v) is 20.0. The number of fused-ring (bicyclic) bond motifs is 12. The Labute approximate surface area is 436 Å². The molecule has 8 nitrogen and oxygen atoms in total. The molecule has 0 aliphatic heterocycles. The number of nitriles is 4. The van der Waals surface area contributed by atoms with E-state index in [0.29, 0.717) is 22.7 Å². The van der Waals surface area contributed by atoms with Gasteiger partial charge in [0.2, 0.25) is 0 Å². The number of para-hydroxylation sites is 4. The van der Waals surface area contributed by atoms with E-state index in [-0.39, 0.29) is 33.4 Å². The first-order valence-electron chi connectivity index (χ1n) is 25.2. The average molecular weight is 971 g/mol. The molecule has 0 amide bonds. The lowest BCUT2D eigenvalue weighted by Gasteiger charge is -2.24. The monoisotopic (exact) mass is 970 g/mol. The van der Waals surface area contributed by atoms with Gasteiger partial charge in [-0.25, -0.2) is 0 Å². The van der Waals surface area contributed by atoms with E-state index in [2.05, 4.69) is 192 Å². The van der Waals surface area contributed by atoms with E-state index in [1.165, 1.54) is 0 Å². The fourth-order valence-corrected chi connectivity index (χ4v) is 12.4. The van der Waals surface area contributed by atoms with E-state index in [0.717, 1.165) is 109 Å². The maximum Gasteiger partial charge on any atom is 0.102 e. The lowest BCUT2D eigenvalue weighted by Crippen LogP contribution is -2.11. The number of hydrogen-bond donors (Lipinski definition) is 0. The van der Waals surface area contributed by atoms with Crippen molar-refractivity contribution >= 4 is 87.2 Å². The van der Waals surface area contributed by atoms with E-state index in [1.54, 1.807) is 0 Å². The summed E-state index contributed by atoms with van der Waals surface area (Å²) < 4.78 is 8.45. The molecule has 0 atom stereocenters. The summed E-state index contributed by atoms with van der Waals surface area (Å²) in [5.41, 5.74) is 14.2. The number of aryl methyl sites for hydroxylation is 4. The highest BCUT2D eigenvalue weighted by Crippen LogP contribution is 2.48. The molecule has 354 valence electrons. The van der Waals surface area contributed by atoms with E-state index < -0.39 is 0 Å². The van der Waals surface area contributed by atoms with Crippen LogP contribution in [0.5, 0.6) is 0 Å². The minimum atomic E-state index is 0.145. The zero-order chi connectivity index (χ0) is 51.7. The van der Waals surface area contributed by atoms with Crippen molar-refractivity contribution < 1.29 is 0 Å². The van der Waals surface area contributed by atoms with E-state index >= 15 is 0 Å². The van der Waals surface area contributed by atoms with Crippen LogP contribution < -0.4 is 0 Å². The zero-order valence-corrected chi connectivity index (χ0v) is 41.9. The Morgan fingerprint density at radius 3 is 0.684 bits per heavy atom. The predicted molar refractivity (Wildman–Crippen MR) is 307 cm³/mol. The van der Waals surface area contributed by atoms with Gasteiger partial charge in [-0.3, -0.25) is 0 Å². The Morgan fingerprint density at radius 2 is 0.461 bits per heavy atom. The van der Waals surface area contributed by atoms with Gasteiger partial charge in [-0.2, -0.15) is 21.0 Å². The molecular weight excluding hydrogens is 929 g/mol. The minimum Gasteiger partial charge on any atom is -0.308 e. The van der Waals surface area contributed by atoms with Gasteiger partial charge in [-0.1, -0.05) is 119 Å². The highest BCUT2D eigenvalue weighted by Gasteiger charge is 2.33. The summed E-state index contributed by atoms with van der Waals surface area (Å²) in [4.78, 5) is 0. The normalized spacial score (nSPS) is 11.6. The largest absolute Gasteiger partial charge is 0.308 e. The molecule has 0 N–H and O–H groups in total. The summed E-state index contributed by atoms with van der Waals surface area (Å²) >= 11 is 0. The molecule has 0 radical (unpaired) electrons. The van der Waals surface area contributed by atoms with Gasteiger partial charge in [-0.05, 0) is 113 Å². The molecule has 76 heavy (non-hydrogen) atoms. The van der Waals surface area contributed by atoms with Crippen LogP contribution in [-0.4, -0.2) is 18.3 Å². The smallest absolute Gasteiger partial charge is 0.102 e. The van der Waals surface area contributed by atoms with Gasteiger partial charge < -0.3 is 18.3 Å². The predicted octanol–water partition coefficient (Wildman–Crippen LogP) is 16.5. The lowest BCUT2D eigenvalue weighted by atomic mass is 9.85. The zero-order valence-electron chi connectivity index (χ0n) is 41.9. The Kier molecular flexibility index (Phi) is 9.54. The second-order valence-electron chi connectivity index (χ2n) is 20.0. The first kappa shape index (κ1) is 44.1. The maximum absolute atomic E-state index is 12.2. The van der Waals surface area contributed by atoms with Crippen LogP contribution in [0.25, 0.3) is 121 Å². The Balaban J connectivity index is 1.25.